The van der Waals surface area contributed by atoms with Gasteiger partial charge in [0.25, 0.3) is 0 Å². The van der Waals surface area contributed by atoms with Gasteiger partial charge in [-0.15, -0.1) is 0 Å². The van der Waals surface area contributed by atoms with Crippen LogP contribution in [0.5, 0.6) is 0 Å². The molecule has 1 rings (SSSR count). The number of rotatable bonds is 11. The van der Waals surface area contributed by atoms with Crippen molar-refractivity contribution in [3.8, 4) is 0 Å². The molecule has 0 aliphatic carbocycles. The number of methoxy groups -OCH3 is 1. The zero-order valence-electron chi connectivity index (χ0n) is 12.7. The van der Waals surface area contributed by atoms with Crippen LogP contribution >= 0.6 is 0 Å². The monoisotopic (exact) mass is 282 g/mol. The molecular weight excluding hydrogens is 256 g/mol. The maximum atomic E-state index is 5.41. The molecule has 0 saturated heterocycles. The molecule has 0 fully saturated rings. The third-order valence-corrected chi connectivity index (χ3v) is 2.71. The molecule has 0 aliphatic rings. The molecule has 2 N–H and O–H groups in total. The lowest BCUT2D eigenvalue weighted by atomic mass is 10.3. The molecule has 6 nitrogen and oxygen atoms in total. The van der Waals surface area contributed by atoms with E-state index in [1.807, 2.05) is 13.1 Å². The Morgan fingerprint density at radius 1 is 1.15 bits per heavy atom. The molecule has 1 heterocycles. The summed E-state index contributed by atoms with van der Waals surface area (Å²) in [5, 5.41) is 6.37. The van der Waals surface area contributed by atoms with Crippen LogP contribution in [0.2, 0.25) is 0 Å². The molecule has 0 saturated carbocycles. The summed E-state index contributed by atoms with van der Waals surface area (Å²) in [6.45, 7) is 4.97. The second-order valence-electron chi connectivity index (χ2n) is 4.44. The normalized spacial score (nSPS) is 10.6. The highest BCUT2D eigenvalue weighted by Gasteiger charge is 2.02. The SMILES string of the molecule is CCCc1nc(NC)cc(NCCCOCCOC)n1. The minimum atomic E-state index is 0.644. The van der Waals surface area contributed by atoms with E-state index in [1.165, 1.54) is 0 Å². The van der Waals surface area contributed by atoms with Gasteiger partial charge in [0, 0.05) is 39.8 Å². The lowest BCUT2D eigenvalue weighted by Gasteiger charge is -2.09. The molecule has 0 aromatic carbocycles. The standard InChI is InChI=1S/C14H26N4O2/c1-4-6-12-17-13(15-2)11-14(18-12)16-7-5-8-20-10-9-19-3/h11H,4-10H2,1-3H3,(H2,15,16,17,18). The minimum absolute atomic E-state index is 0.644. The second kappa shape index (κ2) is 10.4. The molecule has 20 heavy (non-hydrogen) atoms. The van der Waals surface area contributed by atoms with Gasteiger partial charge in [-0.05, 0) is 12.8 Å². The van der Waals surface area contributed by atoms with Crippen molar-refractivity contribution in [1.29, 1.82) is 0 Å². The minimum Gasteiger partial charge on any atom is -0.382 e. The fourth-order valence-electron chi connectivity index (χ4n) is 1.69. The summed E-state index contributed by atoms with van der Waals surface area (Å²) in [7, 11) is 3.54. The van der Waals surface area contributed by atoms with E-state index >= 15 is 0 Å². The molecule has 0 atom stereocenters. The first kappa shape index (κ1) is 16.7. The maximum absolute atomic E-state index is 5.41. The molecule has 0 bridgehead atoms. The molecule has 0 spiro atoms. The largest absolute Gasteiger partial charge is 0.382 e. The Hall–Kier alpha value is -1.40. The Morgan fingerprint density at radius 3 is 2.65 bits per heavy atom. The van der Waals surface area contributed by atoms with Crippen LogP contribution in [0.1, 0.15) is 25.6 Å². The first-order chi connectivity index (χ1) is 9.80. The molecule has 6 heteroatoms. The maximum Gasteiger partial charge on any atom is 0.133 e. The molecule has 0 unspecified atom stereocenters. The van der Waals surface area contributed by atoms with Gasteiger partial charge in [0.15, 0.2) is 0 Å². The topological polar surface area (TPSA) is 68.3 Å². The lowest BCUT2D eigenvalue weighted by Crippen LogP contribution is -2.10. The average Bonchev–Trinajstić information content (AvgIpc) is 2.46. The Bertz CT molecular complexity index is 374. The van der Waals surface area contributed by atoms with Crippen molar-refractivity contribution in [2.75, 3.05) is 51.2 Å². The molecule has 0 radical (unpaired) electrons. The zero-order valence-corrected chi connectivity index (χ0v) is 12.7. The predicted octanol–water partition coefficient (Wildman–Crippen LogP) is 1.94. The van der Waals surface area contributed by atoms with Gasteiger partial charge in [-0.25, -0.2) is 9.97 Å². The highest BCUT2D eigenvalue weighted by Crippen LogP contribution is 2.11. The molecule has 1 aromatic rings. The van der Waals surface area contributed by atoms with Crippen molar-refractivity contribution < 1.29 is 9.47 Å². The quantitative estimate of drug-likeness (QED) is 0.605. The number of aromatic nitrogens is 2. The van der Waals surface area contributed by atoms with Gasteiger partial charge < -0.3 is 20.1 Å². The summed E-state index contributed by atoms with van der Waals surface area (Å²) in [6.07, 6.45) is 2.87. The first-order valence-electron chi connectivity index (χ1n) is 7.16. The van der Waals surface area contributed by atoms with Crippen LogP contribution in [0, 0.1) is 0 Å². The van der Waals surface area contributed by atoms with Crippen molar-refractivity contribution >= 4 is 11.6 Å². The summed E-state index contributed by atoms with van der Waals surface area (Å²) >= 11 is 0. The number of hydrogen-bond donors (Lipinski definition) is 2. The van der Waals surface area contributed by atoms with E-state index in [0.29, 0.717) is 13.2 Å². The van der Waals surface area contributed by atoms with Crippen LogP contribution < -0.4 is 10.6 Å². The van der Waals surface area contributed by atoms with E-state index in [0.717, 1.165) is 49.9 Å². The molecule has 0 amide bonds. The van der Waals surface area contributed by atoms with Crippen molar-refractivity contribution in [3.05, 3.63) is 11.9 Å². The van der Waals surface area contributed by atoms with Crippen molar-refractivity contribution in [1.82, 2.24) is 9.97 Å². The van der Waals surface area contributed by atoms with E-state index < -0.39 is 0 Å². The van der Waals surface area contributed by atoms with Crippen molar-refractivity contribution in [3.63, 3.8) is 0 Å². The third-order valence-electron chi connectivity index (χ3n) is 2.71. The summed E-state index contributed by atoms with van der Waals surface area (Å²) in [6, 6.07) is 1.92. The van der Waals surface area contributed by atoms with Gasteiger partial charge in [0.05, 0.1) is 13.2 Å². The van der Waals surface area contributed by atoms with Crippen LogP contribution in [0.15, 0.2) is 6.07 Å². The average molecular weight is 282 g/mol. The summed E-state index contributed by atoms with van der Waals surface area (Å²) in [4.78, 5) is 8.91. The van der Waals surface area contributed by atoms with Gasteiger partial charge in [0.1, 0.15) is 17.5 Å². The molecule has 0 aliphatic heterocycles. The molecule has 114 valence electrons. The van der Waals surface area contributed by atoms with Gasteiger partial charge in [-0.3, -0.25) is 0 Å². The van der Waals surface area contributed by atoms with E-state index in [2.05, 4.69) is 27.5 Å². The Balaban J connectivity index is 2.33. The van der Waals surface area contributed by atoms with Crippen LogP contribution in [0.3, 0.4) is 0 Å². The first-order valence-corrected chi connectivity index (χ1v) is 7.16. The molecule has 1 aromatic heterocycles. The fourth-order valence-corrected chi connectivity index (χ4v) is 1.69. The van der Waals surface area contributed by atoms with Crippen molar-refractivity contribution in [2.45, 2.75) is 26.2 Å². The summed E-state index contributed by atoms with van der Waals surface area (Å²) in [5.74, 6) is 2.59. The number of aryl methyl sites for hydroxylation is 1. The fraction of sp³-hybridized carbons (Fsp3) is 0.714. The number of hydrogen-bond acceptors (Lipinski definition) is 6. The van der Waals surface area contributed by atoms with Crippen LogP contribution in [-0.2, 0) is 15.9 Å². The lowest BCUT2D eigenvalue weighted by molar-refractivity contribution is 0.0705. The zero-order chi connectivity index (χ0) is 14.6. The number of nitrogens with one attached hydrogen (secondary N) is 2. The van der Waals surface area contributed by atoms with E-state index in [4.69, 9.17) is 9.47 Å². The van der Waals surface area contributed by atoms with E-state index in [9.17, 15) is 0 Å². The second-order valence-corrected chi connectivity index (χ2v) is 4.44. The summed E-state index contributed by atoms with van der Waals surface area (Å²) in [5.41, 5.74) is 0. The van der Waals surface area contributed by atoms with Gasteiger partial charge in [0.2, 0.25) is 0 Å². The molecular formula is C14H26N4O2. The van der Waals surface area contributed by atoms with E-state index in [-0.39, 0.29) is 0 Å². The van der Waals surface area contributed by atoms with E-state index in [1.54, 1.807) is 7.11 Å². The number of ether oxygens (including phenoxy) is 2. The smallest absolute Gasteiger partial charge is 0.133 e. The van der Waals surface area contributed by atoms with Gasteiger partial charge >= 0.3 is 0 Å². The van der Waals surface area contributed by atoms with Crippen LogP contribution in [0.25, 0.3) is 0 Å². The Morgan fingerprint density at radius 2 is 1.95 bits per heavy atom. The van der Waals surface area contributed by atoms with Crippen LogP contribution in [-0.4, -0.2) is 50.5 Å². The predicted molar refractivity (Wildman–Crippen MR) is 81.4 cm³/mol. The Kier molecular flexibility index (Phi) is 8.66. The number of anilines is 2. The van der Waals surface area contributed by atoms with Crippen LogP contribution in [0.4, 0.5) is 11.6 Å². The summed E-state index contributed by atoms with van der Waals surface area (Å²) < 4.78 is 10.3. The third kappa shape index (κ3) is 6.68. The Labute approximate surface area is 121 Å². The highest BCUT2D eigenvalue weighted by atomic mass is 16.5. The van der Waals surface area contributed by atoms with Crippen molar-refractivity contribution in [2.24, 2.45) is 0 Å². The van der Waals surface area contributed by atoms with Gasteiger partial charge in [-0.1, -0.05) is 6.92 Å². The number of nitrogens with zero attached hydrogens (tertiary/aromatic N) is 2. The van der Waals surface area contributed by atoms with Gasteiger partial charge in [-0.2, -0.15) is 0 Å². The highest BCUT2D eigenvalue weighted by molar-refractivity contribution is 5.47.